The third-order valence-corrected chi connectivity index (χ3v) is 4.68. The van der Waals surface area contributed by atoms with E-state index in [1.54, 1.807) is 18.2 Å². The van der Waals surface area contributed by atoms with Gasteiger partial charge in [-0.2, -0.15) is 0 Å². The van der Waals surface area contributed by atoms with Crippen molar-refractivity contribution >= 4 is 17.9 Å². The summed E-state index contributed by atoms with van der Waals surface area (Å²) in [6.45, 7) is 6.41. The molecular weight excluding hydrogens is 388 g/mol. The molecule has 0 unspecified atom stereocenters. The van der Waals surface area contributed by atoms with Crippen LogP contribution in [0.4, 0.5) is 4.79 Å². The number of imide groups is 1. The van der Waals surface area contributed by atoms with Crippen molar-refractivity contribution in [3.05, 3.63) is 23.8 Å². The topological polar surface area (TPSA) is 103 Å². The summed E-state index contributed by atoms with van der Waals surface area (Å²) in [5.74, 6) is -0.356. The number of ether oxygens (including phenoxy) is 3. The number of rotatable bonds is 10. The summed E-state index contributed by atoms with van der Waals surface area (Å²) in [7, 11) is 0. The molecule has 8 heteroatoms. The van der Waals surface area contributed by atoms with E-state index in [0.29, 0.717) is 24.7 Å². The van der Waals surface area contributed by atoms with Gasteiger partial charge in [-0.1, -0.05) is 26.7 Å². The summed E-state index contributed by atoms with van der Waals surface area (Å²) in [5, 5.41) is 4.98. The van der Waals surface area contributed by atoms with Gasteiger partial charge in [-0.25, -0.2) is 9.59 Å². The van der Waals surface area contributed by atoms with Crippen LogP contribution in [0.5, 0.6) is 11.5 Å². The van der Waals surface area contributed by atoms with Crippen LogP contribution in [0.2, 0.25) is 0 Å². The highest BCUT2D eigenvalue weighted by molar-refractivity contribution is 5.98. The van der Waals surface area contributed by atoms with Gasteiger partial charge in [0.15, 0.2) is 17.6 Å². The normalized spacial score (nSPS) is 14.6. The number of amides is 3. The van der Waals surface area contributed by atoms with Crippen LogP contribution >= 0.6 is 0 Å². The van der Waals surface area contributed by atoms with Crippen LogP contribution in [0.15, 0.2) is 18.2 Å². The molecule has 1 fully saturated rings. The zero-order chi connectivity index (χ0) is 21.9. The van der Waals surface area contributed by atoms with Gasteiger partial charge in [-0.05, 0) is 50.8 Å². The Morgan fingerprint density at radius 3 is 2.30 bits per heavy atom. The van der Waals surface area contributed by atoms with E-state index in [1.165, 1.54) is 6.92 Å². The molecule has 1 aliphatic carbocycles. The van der Waals surface area contributed by atoms with Crippen molar-refractivity contribution in [2.75, 3.05) is 13.2 Å². The van der Waals surface area contributed by atoms with Gasteiger partial charge >= 0.3 is 12.0 Å². The van der Waals surface area contributed by atoms with Crippen molar-refractivity contribution in [1.82, 2.24) is 10.6 Å². The molecule has 0 spiro atoms. The number of benzene rings is 1. The van der Waals surface area contributed by atoms with Gasteiger partial charge < -0.3 is 19.5 Å². The zero-order valence-corrected chi connectivity index (χ0v) is 18.0. The quantitative estimate of drug-likeness (QED) is 0.561. The minimum absolute atomic E-state index is 0.0886. The molecule has 0 aliphatic heterocycles. The Morgan fingerprint density at radius 1 is 1.03 bits per heavy atom. The first kappa shape index (κ1) is 23.5. The Hall–Kier alpha value is -2.77. The molecule has 0 aromatic heterocycles. The van der Waals surface area contributed by atoms with Gasteiger partial charge in [0.2, 0.25) is 0 Å². The van der Waals surface area contributed by atoms with Crippen LogP contribution in [0.3, 0.4) is 0 Å². The Labute approximate surface area is 177 Å². The fourth-order valence-corrected chi connectivity index (χ4v) is 3.08. The molecule has 30 heavy (non-hydrogen) atoms. The average Bonchev–Trinajstić information content (AvgIpc) is 3.23. The van der Waals surface area contributed by atoms with E-state index >= 15 is 0 Å². The van der Waals surface area contributed by atoms with Crippen molar-refractivity contribution in [2.24, 2.45) is 0 Å². The first-order chi connectivity index (χ1) is 14.4. The predicted molar refractivity (Wildman–Crippen MR) is 112 cm³/mol. The van der Waals surface area contributed by atoms with Crippen LogP contribution in [-0.4, -0.2) is 43.3 Å². The Balaban J connectivity index is 1.94. The molecule has 1 aromatic carbocycles. The van der Waals surface area contributed by atoms with Crippen LogP contribution in [0, 0.1) is 0 Å². The van der Waals surface area contributed by atoms with Gasteiger partial charge in [0.05, 0.1) is 18.8 Å². The van der Waals surface area contributed by atoms with E-state index in [9.17, 15) is 14.4 Å². The predicted octanol–water partition coefficient (Wildman–Crippen LogP) is 3.58. The first-order valence-electron chi connectivity index (χ1n) is 10.7. The highest BCUT2D eigenvalue weighted by Gasteiger charge is 2.23. The molecule has 0 heterocycles. The summed E-state index contributed by atoms with van der Waals surface area (Å²) in [6, 6.07) is 4.27. The maximum Gasteiger partial charge on any atom is 0.339 e. The van der Waals surface area contributed by atoms with E-state index in [1.807, 2.05) is 13.8 Å². The minimum Gasteiger partial charge on any atom is -0.490 e. The van der Waals surface area contributed by atoms with Crippen molar-refractivity contribution in [3.8, 4) is 11.5 Å². The highest BCUT2D eigenvalue weighted by Crippen LogP contribution is 2.29. The standard InChI is InChI=1S/C22H32N2O6/c1-4-12-28-18-11-10-16(14-19(18)29-13-5-2)21(26)30-15(3)20(25)24-22(27)23-17-8-6-7-9-17/h10-11,14-15,17H,4-9,12-13H2,1-3H3,(H2,23,24,25,27)/t15-/m0/s1. The second-order valence-corrected chi connectivity index (χ2v) is 7.35. The fraction of sp³-hybridized carbons (Fsp3) is 0.591. The van der Waals surface area contributed by atoms with Gasteiger partial charge in [0.1, 0.15) is 0 Å². The van der Waals surface area contributed by atoms with E-state index in [2.05, 4.69) is 10.6 Å². The average molecular weight is 421 g/mol. The number of esters is 1. The molecular formula is C22H32N2O6. The molecule has 3 amide bonds. The molecule has 1 aliphatic rings. The van der Waals surface area contributed by atoms with Gasteiger partial charge in [0.25, 0.3) is 5.91 Å². The molecule has 2 N–H and O–H groups in total. The van der Waals surface area contributed by atoms with Crippen LogP contribution in [-0.2, 0) is 9.53 Å². The van der Waals surface area contributed by atoms with Crippen LogP contribution in [0.1, 0.15) is 69.7 Å². The lowest BCUT2D eigenvalue weighted by atomic mass is 10.2. The zero-order valence-electron chi connectivity index (χ0n) is 18.0. The fourth-order valence-electron chi connectivity index (χ4n) is 3.08. The van der Waals surface area contributed by atoms with E-state index in [-0.39, 0.29) is 11.6 Å². The lowest BCUT2D eigenvalue weighted by molar-refractivity contribution is -0.127. The van der Waals surface area contributed by atoms with Crippen molar-refractivity contribution in [2.45, 2.75) is 71.4 Å². The molecule has 166 valence electrons. The molecule has 1 saturated carbocycles. The minimum atomic E-state index is -1.12. The van der Waals surface area contributed by atoms with E-state index in [0.717, 1.165) is 38.5 Å². The molecule has 0 bridgehead atoms. The lowest BCUT2D eigenvalue weighted by Gasteiger charge is -2.16. The molecule has 1 atom stereocenters. The SMILES string of the molecule is CCCOc1ccc(C(=O)O[C@@H](C)C(=O)NC(=O)NC2CCCC2)cc1OCCC. The number of nitrogens with one attached hydrogen (secondary N) is 2. The van der Waals surface area contributed by atoms with Crippen molar-refractivity contribution < 1.29 is 28.6 Å². The highest BCUT2D eigenvalue weighted by atomic mass is 16.5. The third-order valence-electron chi connectivity index (χ3n) is 4.68. The number of urea groups is 1. The Kier molecular flexibility index (Phi) is 9.44. The van der Waals surface area contributed by atoms with E-state index < -0.39 is 24.0 Å². The summed E-state index contributed by atoms with van der Waals surface area (Å²) in [4.78, 5) is 36.6. The maximum absolute atomic E-state index is 12.5. The molecule has 0 saturated heterocycles. The summed E-state index contributed by atoms with van der Waals surface area (Å²) >= 11 is 0. The number of carbonyl (C=O) groups excluding carboxylic acids is 3. The number of hydrogen-bond donors (Lipinski definition) is 2. The second-order valence-electron chi connectivity index (χ2n) is 7.35. The summed E-state index contributed by atoms with van der Waals surface area (Å²) in [5.41, 5.74) is 0.236. The van der Waals surface area contributed by atoms with Gasteiger partial charge in [-0.15, -0.1) is 0 Å². The van der Waals surface area contributed by atoms with E-state index in [4.69, 9.17) is 14.2 Å². The van der Waals surface area contributed by atoms with Crippen LogP contribution < -0.4 is 20.1 Å². The lowest BCUT2D eigenvalue weighted by Crippen LogP contribution is -2.47. The Bertz CT molecular complexity index is 730. The molecule has 1 aromatic rings. The summed E-state index contributed by atoms with van der Waals surface area (Å²) < 4.78 is 16.5. The number of hydrogen-bond acceptors (Lipinski definition) is 6. The molecule has 8 nitrogen and oxygen atoms in total. The summed E-state index contributed by atoms with van der Waals surface area (Å²) in [6.07, 6.45) is 4.49. The van der Waals surface area contributed by atoms with Crippen molar-refractivity contribution in [1.29, 1.82) is 0 Å². The second kappa shape index (κ2) is 12.0. The van der Waals surface area contributed by atoms with Crippen LogP contribution in [0.25, 0.3) is 0 Å². The van der Waals surface area contributed by atoms with Gasteiger partial charge in [0, 0.05) is 6.04 Å². The van der Waals surface area contributed by atoms with Gasteiger partial charge in [-0.3, -0.25) is 10.1 Å². The third kappa shape index (κ3) is 7.24. The molecule has 0 radical (unpaired) electrons. The maximum atomic E-state index is 12.5. The largest absolute Gasteiger partial charge is 0.490 e. The first-order valence-corrected chi connectivity index (χ1v) is 10.7. The van der Waals surface area contributed by atoms with Crippen molar-refractivity contribution in [3.63, 3.8) is 0 Å². The Morgan fingerprint density at radius 2 is 1.67 bits per heavy atom. The smallest absolute Gasteiger partial charge is 0.339 e. The molecule has 2 rings (SSSR count). The number of carbonyl (C=O) groups is 3. The monoisotopic (exact) mass is 420 g/mol.